The van der Waals surface area contributed by atoms with E-state index in [1.54, 1.807) is 12.4 Å². The maximum atomic E-state index is 5.10. The summed E-state index contributed by atoms with van der Waals surface area (Å²) in [5.74, 6) is 1.69. The van der Waals surface area contributed by atoms with Gasteiger partial charge in [-0.2, -0.15) is 0 Å². The Morgan fingerprint density at radius 1 is 0.389 bits per heavy atom. The zero-order valence-corrected chi connectivity index (χ0v) is 29.0. The normalized spacial score (nSPS) is 12.0. The summed E-state index contributed by atoms with van der Waals surface area (Å²) in [6.45, 7) is 0. The maximum Gasteiger partial charge on any atom is 0.137 e. The van der Waals surface area contributed by atoms with Crippen LogP contribution < -0.4 is 4.90 Å². The van der Waals surface area contributed by atoms with E-state index in [2.05, 4.69) is 153 Å². The predicted octanol–water partition coefficient (Wildman–Crippen LogP) is 12.0. The van der Waals surface area contributed by atoms with Crippen LogP contribution in [-0.4, -0.2) is 24.5 Å². The van der Waals surface area contributed by atoms with Gasteiger partial charge in [0.05, 0.1) is 22.4 Å². The third-order valence-corrected chi connectivity index (χ3v) is 10.6. The van der Waals surface area contributed by atoms with E-state index in [-0.39, 0.29) is 0 Å². The highest BCUT2D eigenvalue weighted by atomic mass is 15.2. The molecule has 0 atom stereocenters. The summed E-state index contributed by atoms with van der Waals surface area (Å²) in [4.78, 5) is 21.1. The smallest absolute Gasteiger partial charge is 0.137 e. The molecule has 0 aliphatic carbocycles. The zero-order chi connectivity index (χ0) is 35.6. The van der Waals surface area contributed by atoms with E-state index in [0.717, 1.165) is 67.2 Å². The van der Waals surface area contributed by atoms with E-state index in [1.807, 2.05) is 36.9 Å². The molecule has 6 heterocycles. The van der Waals surface area contributed by atoms with Gasteiger partial charge in [-0.15, -0.1) is 0 Å². The highest BCUT2D eigenvalue weighted by molar-refractivity contribution is 6.19. The Balaban J connectivity index is 1.18. The summed E-state index contributed by atoms with van der Waals surface area (Å²) in [5.41, 5.74) is 13.2. The summed E-state index contributed by atoms with van der Waals surface area (Å²) < 4.78 is 2.30. The molecule has 6 nitrogen and oxygen atoms in total. The third-order valence-electron chi connectivity index (χ3n) is 10.6. The topological polar surface area (TPSA) is 59.7 Å². The van der Waals surface area contributed by atoms with Gasteiger partial charge in [-0.1, -0.05) is 78.9 Å². The number of anilines is 3. The molecule has 0 unspecified atom stereocenters. The van der Waals surface area contributed by atoms with Crippen molar-refractivity contribution >= 4 is 49.8 Å². The first-order valence-corrected chi connectivity index (χ1v) is 18.0. The van der Waals surface area contributed by atoms with Crippen LogP contribution in [0.4, 0.5) is 17.2 Å². The van der Waals surface area contributed by atoms with E-state index in [1.165, 1.54) is 32.8 Å². The van der Waals surface area contributed by atoms with E-state index in [0.29, 0.717) is 0 Å². The van der Waals surface area contributed by atoms with Crippen LogP contribution in [0.15, 0.2) is 183 Å². The van der Waals surface area contributed by atoms with Crippen molar-refractivity contribution < 1.29 is 0 Å². The lowest BCUT2D eigenvalue weighted by Gasteiger charge is -2.33. The van der Waals surface area contributed by atoms with Crippen molar-refractivity contribution in [3.8, 4) is 50.3 Å². The Morgan fingerprint density at radius 2 is 1.04 bits per heavy atom. The van der Waals surface area contributed by atoms with Crippen LogP contribution in [0.25, 0.3) is 82.9 Å². The average Bonchev–Trinajstić information content (AvgIpc) is 3.57. The Labute approximate surface area is 311 Å². The van der Waals surface area contributed by atoms with E-state index in [9.17, 15) is 0 Å². The molecule has 1 aliphatic rings. The molecule has 0 amide bonds. The first-order valence-electron chi connectivity index (χ1n) is 18.0. The predicted molar refractivity (Wildman–Crippen MR) is 219 cm³/mol. The van der Waals surface area contributed by atoms with Crippen LogP contribution in [0.3, 0.4) is 0 Å². The molecule has 10 aromatic rings. The SMILES string of the molecule is c1ccc(-c2ccc3c(c2)c2cc4c(cc2n3-c2ccc(-c3cccnc3)cn2)N(c2ccc(-c3cccnc3)cn2)c2cccc3cccc-4c23)cc1. The Kier molecular flexibility index (Phi) is 6.75. The van der Waals surface area contributed by atoms with E-state index in [4.69, 9.17) is 9.97 Å². The van der Waals surface area contributed by atoms with Crippen molar-refractivity contribution in [2.75, 3.05) is 4.90 Å². The standard InChI is InChI=1S/C48H30N6/c1-2-8-31(9-3-1)33-16-19-42-39(24-33)41-25-40-38-14-4-10-32-11-5-15-43(48(32)38)54(47-21-18-37(30-52-47)35-13-7-23-50-28-35)44(40)26-45(41)53(42)46-20-17-36(29-51-46)34-12-6-22-49-27-34/h1-30H. The number of hydrogen-bond acceptors (Lipinski definition) is 5. The quantitative estimate of drug-likeness (QED) is 0.180. The summed E-state index contributed by atoms with van der Waals surface area (Å²) in [6.07, 6.45) is 11.2. The molecule has 1 aliphatic heterocycles. The lowest BCUT2D eigenvalue weighted by molar-refractivity contribution is 1.08. The van der Waals surface area contributed by atoms with Gasteiger partial charge in [-0.25, -0.2) is 9.97 Å². The number of hydrogen-bond donors (Lipinski definition) is 0. The summed E-state index contributed by atoms with van der Waals surface area (Å²) in [5, 5.41) is 4.74. The van der Waals surface area contributed by atoms with E-state index < -0.39 is 0 Å². The van der Waals surface area contributed by atoms with Gasteiger partial charge in [0.15, 0.2) is 0 Å². The van der Waals surface area contributed by atoms with Gasteiger partial charge in [0, 0.05) is 81.2 Å². The largest absolute Gasteiger partial charge is 0.294 e. The Morgan fingerprint density at radius 3 is 1.72 bits per heavy atom. The summed E-state index contributed by atoms with van der Waals surface area (Å²) in [6, 6.07) is 51.7. The number of pyridine rings is 4. The molecular formula is C48H30N6. The zero-order valence-electron chi connectivity index (χ0n) is 29.0. The molecule has 0 fully saturated rings. The van der Waals surface area contributed by atoms with Crippen molar-refractivity contribution in [3.05, 3.63) is 183 Å². The van der Waals surface area contributed by atoms with Gasteiger partial charge < -0.3 is 0 Å². The summed E-state index contributed by atoms with van der Waals surface area (Å²) in [7, 11) is 0. The van der Waals surface area contributed by atoms with Crippen LogP contribution in [0.2, 0.25) is 0 Å². The van der Waals surface area contributed by atoms with Crippen LogP contribution in [0, 0.1) is 0 Å². The highest BCUT2D eigenvalue weighted by Gasteiger charge is 2.29. The Hall–Kier alpha value is -7.44. The molecule has 0 N–H and O–H groups in total. The molecule has 6 heteroatoms. The van der Waals surface area contributed by atoms with Crippen molar-refractivity contribution in [1.82, 2.24) is 24.5 Å². The lowest BCUT2D eigenvalue weighted by Crippen LogP contribution is -2.16. The fraction of sp³-hybridized carbons (Fsp3) is 0. The monoisotopic (exact) mass is 690 g/mol. The molecule has 0 saturated heterocycles. The minimum atomic E-state index is 0.846. The lowest BCUT2D eigenvalue weighted by atomic mass is 9.90. The van der Waals surface area contributed by atoms with Crippen LogP contribution in [0.1, 0.15) is 0 Å². The summed E-state index contributed by atoms with van der Waals surface area (Å²) >= 11 is 0. The molecule has 54 heavy (non-hydrogen) atoms. The van der Waals surface area contributed by atoms with Crippen molar-refractivity contribution in [3.63, 3.8) is 0 Å². The molecule has 0 radical (unpaired) electrons. The molecule has 0 saturated carbocycles. The number of rotatable bonds is 5. The van der Waals surface area contributed by atoms with Gasteiger partial charge in [0.25, 0.3) is 0 Å². The Bertz CT molecular complexity index is 3010. The van der Waals surface area contributed by atoms with Gasteiger partial charge in [-0.3, -0.25) is 19.4 Å². The molecule has 0 spiro atoms. The van der Waals surface area contributed by atoms with Crippen molar-refractivity contribution in [2.24, 2.45) is 0 Å². The molecule has 0 bridgehead atoms. The molecule has 5 aromatic carbocycles. The molecule has 252 valence electrons. The fourth-order valence-corrected chi connectivity index (χ4v) is 8.07. The third kappa shape index (κ3) is 4.74. The van der Waals surface area contributed by atoms with Crippen LogP contribution in [0.5, 0.6) is 0 Å². The first kappa shape index (κ1) is 30.2. The number of nitrogens with zero attached hydrogens (tertiary/aromatic N) is 6. The van der Waals surface area contributed by atoms with Gasteiger partial charge in [0.1, 0.15) is 11.6 Å². The molecule has 5 aromatic heterocycles. The maximum absolute atomic E-state index is 5.10. The minimum absolute atomic E-state index is 0.846. The van der Waals surface area contributed by atoms with Crippen molar-refractivity contribution in [2.45, 2.75) is 0 Å². The number of benzene rings is 5. The van der Waals surface area contributed by atoms with Gasteiger partial charge in [0.2, 0.25) is 0 Å². The number of aromatic nitrogens is 5. The fourth-order valence-electron chi connectivity index (χ4n) is 8.07. The van der Waals surface area contributed by atoms with Crippen LogP contribution >= 0.6 is 0 Å². The minimum Gasteiger partial charge on any atom is -0.294 e. The average molecular weight is 691 g/mol. The van der Waals surface area contributed by atoms with Gasteiger partial charge in [-0.05, 0) is 88.8 Å². The van der Waals surface area contributed by atoms with E-state index >= 15 is 0 Å². The van der Waals surface area contributed by atoms with Gasteiger partial charge >= 0.3 is 0 Å². The second-order valence-corrected chi connectivity index (χ2v) is 13.6. The first-order chi connectivity index (χ1) is 26.8. The highest BCUT2D eigenvalue weighted by Crippen LogP contribution is 2.52. The second-order valence-electron chi connectivity index (χ2n) is 13.6. The molecular weight excluding hydrogens is 661 g/mol. The van der Waals surface area contributed by atoms with Crippen LogP contribution in [-0.2, 0) is 0 Å². The molecule has 11 rings (SSSR count). The second kappa shape index (κ2) is 12.1. The van der Waals surface area contributed by atoms with Crippen molar-refractivity contribution in [1.29, 1.82) is 0 Å². The number of fused-ring (bicyclic) bond motifs is 5.